The summed E-state index contributed by atoms with van der Waals surface area (Å²) in [6, 6.07) is 0. The fourth-order valence-electron chi connectivity index (χ4n) is 1.91. The molecule has 0 aromatic carbocycles. The largest absolute Gasteiger partial charge is 0.371 e. The van der Waals surface area contributed by atoms with Crippen LogP contribution in [-0.4, -0.2) is 23.1 Å². The van der Waals surface area contributed by atoms with Crippen molar-refractivity contribution in [2.45, 2.75) is 32.9 Å². The molecule has 2 rings (SSSR count). The highest BCUT2D eigenvalue weighted by Crippen LogP contribution is 2.13. The highest BCUT2D eigenvalue weighted by atomic mass is 16.5. The Morgan fingerprint density at radius 1 is 1.56 bits per heavy atom. The van der Waals surface area contributed by atoms with E-state index in [4.69, 9.17) is 4.74 Å². The molecule has 2 N–H and O–H groups in total. The van der Waals surface area contributed by atoms with E-state index in [1.54, 1.807) is 0 Å². The van der Waals surface area contributed by atoms with Crippen LogP contribution in [0.2, 0.25) is 0 Å². The van der Waals surface area contributed by atoms with Crippen LogP contribution in [0.4, 0.5) is 0 Å². The average Bonchev–Trinajstić information content (AvgIpc) is 2.29. The molecule has 0 saturated heterocycles. The molecule has 0 bridgehead atoms. The number of nitrogens with one attached hydrogen (secondary N) is 2. The van der Waals surface area contributed by atoms with E-state index in [0.29, 0.717) is 19.0 Å². The number of hydrogen-bond donors (Lipinski definition) is 2. The van der Waals surface area contributed by atoms with Crippen molar-refractivity contribution in [2.24, 2.45) is 0 Å². The van der Waals surface area contributed by atoms with Crippen molar-refractivity contribution >= 4 is 0 Å². The van der Waals surface area contributed by atoms with Gasteiger partial charge in [-0.05, 0) is 26.8 Å². The van der Waals surface area contributed by atoms with Gasteiger partial charge in [-0.15, -0.1) is 0 Å². The molecule has 16 heavy (non-hydrogen) atoms. The van der Waals surface area contributed by atoms with E-state index in [1.807, 2.05) is 13.8 Å². The van der Waals surface area contributed by atoms with Crippen LogP contribution in [0, 0.1) is 0 Å². The Hall–Kier alpha value is -1.20. The Morgan fingerprint density at radius 2 is 2.38 bits per heavy atom. The van der Waals surface area contributed by atoms with Crippen molar-refractivity contribution in [3.05, 3.63) is 27.4 Å². The fraction of sp³-hybridized carbons (Fsp3) is 0.636. The smallest absolute Gasteiger partial charge is 0.254 e. The van der Waals surface area contributed by atoms with Crippen LogP contribution in [0.25, 0.3) is 0 Å². The summed E-state index contributed by atoms with van der Waals surface area (Å²) in [6.07, 6.45) is 0.589. The van der Waals surface area contributed by atoms with Gasteiger partial charge in [-0.2, -0.15) is 0 Å². The molecule has 1 aliphatic heterocycles. The van der Waals surface area contributed by atoms with Gasteiger partial charge in [0, 0.05) is 18.7 Å². The van der Waals surface area contributed by atoms with Crippen molar-refractivity contribution in [3.8, 4) is 0 Å². The van der Waals surface area contributed by atoms with Gasteiger partial charge >= 0.3 is 0 Å². The van der Waals surface area contributed by atoms with Crippen molar-refractivity contribution in [1.29, 1.82) is 0 Å². The molecule has 1 unspecified atom stereocenters. The van der Waals surface area contributed by atoms with Gasteiger partial charge in [-0.3, -0.25) is 4.79 Å². The predicted octanol–water partition coefficient (Wildman–Crippen LogP) is 0.513. The Morgan fingerprint density at radius 3 is 3.12 bits per heavy atom. The Labute approximate surface area is 94.2 Å². The summed E-state index contributed by atoms with van der Waals surface area (Å²) in [4.78, 5) is 19.1. The van der Waals surface area contributed by atoms with Crippen molar-refractivity contribution < 1.29 is 4.74 Å². The monoisotopic (exact) mass is 223 g/mol. The van der Waals surface area contributed by atoms with E-state index in [0.717, 1.165) is 24.2 Å². The summed E-state index contributed by atoms with van der Waals surface area (Å²) >= 11 is 0. The third-order valence-corrected chi connectivity index (χ3v) is 2.77. The third kappa shape index (κ3) is 2.15. The number of nitrogens with zero attached hydrogens (tertiary/aromatic N) is 1. The summed E-state index contributed by atoms with van der Waals surface area (Å²) in [6.45, 7) is 5.95. The maximum atomic E-state index is 11.8. The molecule has 5 nitrogen and oxygen atoms in total. The molecule has 1 aliphatic rings. The zero-order chi connectivity index (χ0) is 11.5. The zero-order valence-corrected chi connectivity index (χ0v) is 9.67. The van der Waals surface area contributed by atoms with Crippen LogP contribution < -0.4 is 10.9 Å². The molecule has 0 aliphatic carbocycles. The van der Waals surface area contributed by atoms with Gasteiger partial charge in [-0.1, -0.05) is 0 Å². The van der Waals surface area contributed by atoms with Crippen LogP contribution in [0.1, 0.15) is 37.0 Å². The van der Waals surface area contributed by atoms with Gasteiger partial charge in [0.15, 0.2) is 0 Å². The lowest BCUT2D eigenvalue weighted by atomic mass is 10.1. The van der Waals surface area contributed by atoms with E-state index < -0.39 is 0 Å². The number of aromatic amines is 1. The van der Waals surface area contributed by atoms with Gasteiger partial charge in [0.05, 0.1) is 5.69 Å². The number of ether oxygens (including phenoxy) is 1. The van der Waals surface area contributed by atoms with E-state index in [-0.39, 0.29) is 11.7 Å². The molecule has 1 aromatic heterocycles. The molecular formula is C11H17N3O2. The molecule has 0 saturated carbocycles. The van der Waals surface area contributed by atoms with Crippen molar-refractivity contribution in [2.75, 3.05) is 13.2 Å². The van der Waals surface area contributed by atoms with E-state index >= 15 is 0 Å². The zero-order valence-electron chi connectivity index (χ0n) is 9.67. The summed E-state index contributed by atoms with van der Waals surface area (Å²) in [7, 11) is 0. The number of H-pyrrole nitrogens is 1. The van der Waals surface area contributed by atoms with Crippen LogP contribution in [0.15, 0.2) is 4.79 Å². The van der Waals surface area contributed by atoms with Crippen molar-refractivity contribution in [3.63, 3.8) is 0 Å². The van der Waals surface area contributed by atoms with E-state index in [2.05, 4.69) is 15.3 Å². The molecule has 0 amide bonds. The first-order valence-electron chi connectivity index (χ1n) is 5.66. The molecule has 0 radical (unpaired) electrons. The summed E-state index contributed by atoms with van der Waals surface area (Å²) in [5.74, 6) is 0.620. The lowest BCUT2D eigenvalue weighted by Crippen LogP contribution is -2.32. The first-order chi connectivity index (χ1) is 7.72. The average molecular weight is 223 g/mol. The van der Waals surface area contributed by atoms with Crippen LogP contribution >= 0.6 is 0 Å². The quantitative estimate of drug-likeness (QED) is 0.783. The molecule has 0 fully saturated rings. The maximum absolute atomic E-state index is 11.8. The molecule has 88 valence electrons. The minimum atomic E-state index is -0.162. The van der Waals surface area contributed by atoms with Gasteiger partial charge in [0.25, 0.3) is 5.56 Å². The molecule has 0 spiro atoms. The van der Waals surface area contributed by atoms with Gasteiger partial charge < -0.3 is 15.0 Å². The summed E-state index contributed by atoms with van der Waals surface area (Å²) < 4.78 is 5.42. The van der Waals surface area contributed by atoms with Crippen LogP contribution in [0.5, 0.6) is 0 Å². The Bertz CT molecular complexity index is 428. The summed E-state index contributed by atoms with van der Waals surface area (Å²) in [5, 5.41) is 3.21. The minimum Gasteiger partial charge on any atom is -0.371 e. The number of hydrogen-bond acceptors (Lipinski definition) is 4. The highest BCUT2D eigenvalue weighted by molar-refractivity contribution is 5.21. The number of rotatable bonds is 3. The SMILES string of the molecule is CCOC(C)c1nc2c(c(=O)[nH]1)CCNC2. The molecule has 5 heteroatoms. The van der Waals surface area contributed by atoms with Crippen LogP contribution in [-0.2, 0) is 17.7 Å². The first kappa shape index (κ1) is 11.3. The van der Waals surface area contributed by atoms with E-state index in [9.17, 15) is 4.79 Å². The topological polar surface area (TPSA) is 67.0 Å². The predicted molar refractivity (Wildman–Crippen MR) is 60.3 cm³/mol. The second-order valence-electron chi connectivity index (χ2n) is 3.90. The summed E-state index contributed by atoms with van der Waals surface area (Å²) in [5.41, 5.74) is 1.65. The van der Waals surface area contributed by atoms with Gasteiger partial charge in [0.1, 0.15) is 11.9 Å². The normalized spacial score (nSPS) is 16.9. The number of fused-ring (bicyclic) bond motifs is 1. The lowest BCUT2D eigenvalue weighted by molar-refractivity contribution is 0.0696. The first-order valence-corrected chi connectivity index (χ1v) is 5.66. The molecular weight excluding hydrogens is 206 g/mol. The molecule has 1 atom stereocenters. The molecule has 1 aromatic rings. The Kier molecular flexibility index (Phi) is 3.36. The number of aromatic nitrogens is 2. The Balaban J connectivity index is 2.35. The van der Waals surface area contributed by atoms with Crippen LogP contribution in [0.3, 0.4) is 0 Å². The van der Waals surface area contributed by atoms with E-state index in [1.165, 1.54) is 0 Å². The van der Waals surface area contributed by atoms with Gasteiger partial charge in [-0.25, -0.2) is 4.98 Å². The molecule has 2 heterocycles. The standard InChI is InChI=1S/C11H17N3O2/c1-3-16-7(2)10-13-9-6-12-5-4-8(9)11(15)14-10/h7,12H,3-6H2,1-2H3,(H,13,14,15). The maximum Gasteiger partial charge on any atom is 0.254 e. The fourth-order valence-corrected chi connectivity index (χ4v) is 1.91. The highest BCUT2D eigenvalue weighted by Gasteiger charge is 2.17. The van der Waals surface area contributed by atoms with Crippen molar-refractivity contribution in [1.82, 2.24) is 15.3 Å². The van der Waals surface area contributed by atoms with Gasteiger partial charge in [0.2, 0.25) is 0 Å². The third-order valence-electron chi connectivity index (χ3n) is 2.77. The second-order valence-corrected chi connectivity index (χ2v) is 3.90. The minimum absolute atomic E-state index is 0.0203. The second kappa shape index (κ2) is 4.76. The lowest BCUT2D eigenvalue weighted by Gasteiger charge is -2.18.